The third-order valence-electron chi connectivity index (χ3n) is 15.2. The van der Waals surface area contributed by atoms with Gasteiger partial charge >= 0.3 is 24.2 Å². The lowest BCUT2D eigenvalue weighted by Crippen LogP contribution is -2.69. The van der Waals surface area contributed by atoms with E-state index < -0.39 is 65.2 Å². The van der Waals surface area contributed by atoms with Gasteiger partial charge in [-0.2, -0.15) is 5.26 Å². The van der Waals surface area contributed by atoms with Crippen LogP contribution in [0.5, 0.6) is 40.2 Å². The minimum Gasteiger partial charge on any atom is -0.493 e. The molecule has 2 saturated heterocycles. The minimum absolute atomic E-state index is 0.00575. The molecule has 4 bridgehead atoms. The number of nitriles is 1. The van der Waals surface area contributed by atoms with Crippen LogP contribution in [-0.2, 0) is 55.4 Å². The molecule has 7 atom stereocenters. The highest BCUT2D eigenvalue weighted by molar-refractivity contribution is 7.99. The Balaban J connectivity index is 1.06. The number of likely N-dealkylation sites (N-methyl/N-ethyl adjacent to an activating group) is 1. The van der Waals surface area contributed by atoms with Crippen molar-refractivity contribution in [1.82, 2.24) is 15.1 Å². The molecule has 0 amide bonds. The average Bonchev–Trinajstić information content (AvgIpc) is 3.91. The number of rotatable bonds is 9. The molecule has 19 heteroatoms. The molecule has 1 N–H and O–H groups in total. The Hall–Kier alpha value is -7.50. The lowest BCUT2D eigenvalue weighted by molar-refractivity contribution is -0.157. The number of esters is 2. The van der Waals surface area contributed by atoms with Crippen molar-refractivity contribution in [2.45, 2.75) is 87.8 Å². The number of ether oxygens (including phenoxy) is 10. The number of methoxy groups -OCH3 is 2. The van der Waals surface area contributed by atoms with E-state index in [4.69, 9.17) is 47.4 Å². The standard InChI is InChI=1S/C56H54N4O14S/c1-29-19-35-20-37-38(23-57)60-39-26-67-53(62)56(36-22-40(65-5)41(21-34(36)17-18-58-56)73-54(63)68-24-32-13-9-7-10-14-32)27-75-52(44-43(39)50-49(70-28-71-50)30(2)48(44)72-31(3)61)46(60)45(59(37)4)42(35)51(47(29)66-6)74-55(64)69-25-33-15-11-8-12-16-33/h7-16,19,21-22,37-39,45-46,52,58H,17-18,20,24-28H2,1-6H3/t37-,38+,39+,45-,46?,52-,56-/m1/s1. The predicted octanol–water partition coefficient (Wildman–Crippen LogP) is 8.01. The normalized spacial score (nSPS) is 24.0. The Morgan fingerprint density at radius 2 is 1.51 bits per heavy atom. The molecular weight excluding hydrogens is 985 g/mol. The molecule has 1 unspecified atom stereocenters. The smallest absolute Gasteiger partial charge is 0.493 e. The number of nitrogens with zero attached hydrogens (tertiary/aromatic N) is 3. The first-order chi connectivity index (χ1) is 36.3. The van der Waals surface area contributed by atoms with Crippen LogP contribution in [0.2, 0.25) is 0 Å². The number of benzene rings is 5. The average molecular weight is 1040 g/mol. The number of fused-ring (bicyclic) bond motifs is 9. The van der Waals surface area contributed by atoms with Crippen molar-refractivity contribution in [2.75, 3.05) is 47.0 Å². The topological polar surface area (TPSA) is 203 Å². The molecule has 388 valence electrons. The van der Waals surface area contributed by atoms with Gasteiger partial charge in [-0.1, -0.05) is 66.7 Å². The molecule has 75 heavy (non-hydrogen) atoms. The van der Waals surface area contributed by atoms with Crippen LogP contribution in [0.15, 0.2) is 78.9 Å². The largest absolute Gasteiger partial charge is 0.514 e. The van der Waals surface area contributed by atoms with Gasteiger partial charge in [0.05, 0.1) is 37.6 Å². The maximum atomic E-state index is 15.3. The Bertz CT molecular complexity index is 3170. The summed E-state index contributed by atoms with van der Waals surface area (Å²) in [6, 6.07) is 23.2. The van der Waals surface area contributed by atoms with Crippen LogP contribution < -0.4 is 38.5 Å². The lowest BCUT2D eigenvalue weighted by atomic mass is 9.71. The van der Waals surface area contributed by atoms with Crippen LogP contribution in [0.4, 0.5) is 9.59 Å². The zero-order chi connectivity index (χ0) is 52.3. The van der Waals surface area contributed by atoms with Crippen LogP contribution in [0.1, 0.15) is 79.9 Å². The van der Waals surface area contributed by atoms with Crippen LogP contribution in [-0.4, -0.2) is 99.1 Å². The first-order valence-corrected chi connectivity index (χ1v) is 25.7. The SMILES string of the molecule is COc1cc2c(cc1OC(=O)OCc1ccccc1)CCN[C@]21CS[C@@H]2c3c(OC(C)=O)c(C)c4c(c3[C@H](COC1=O)N1C2[C@H]2c3c(cc(C)c(OC)c3OC(=O)OCc3ccccc3)C[C@H]([C@@H]1C#N)N2C)OCO4. The molecule has 1 spiro atoms. The van der Waals surface area contributed by atoms with Crippen LogP contribution in [0, 0.1) is 25.2 Å². The monoisotopic (exact) mass is 1040 g/mol. The quantitative estimate of drug-likeness (QED) is 0.0643. The molecule has 18 nitrogen and oxygen atoms in total. The van der Waals surface area contributed by atoms with Crippen molar-refractivity contribution in [3.05, 3.63) is 134 Å². The highest BCUT2D eigenvalue weighted by Crippen LogP contribution is 2.65. The number of hydrogen-bond donors (Lipinski definition) is 1. The summed E-state index contributed by atoms with van der Waals surface area (Å²) < 4.78 is 60.5. The van der Waals surface area contributed by atoms with Gasteiger partial charge in [0, 0.05) is 53.6 Å². The molecule has 0 aromatic heterocycles. The fraction of sp³-hybridized carbons (Fsp3) is 0.375. The van der Waals surface area contributed by atoms with Gasteiger partial charge in [-0.3, -0.25) is 19.9 Å². The Labute approximate surface area is 436 Å². The summed E-state index contributed by atoms with van der Waals surface area (Å²) in [7, 11) is 4.92. The van der Waals surface area contributed by atoms with Gasteiger partial charge in [0.15, 0.2) is 40.0 Å². The summed E-state index contributed by atoms with van der Waals surface area (Å²) in [5, 5.41) is 14.3. The van der Waals surface area contributed by atoms with E-state index in [1.165, 1.54) is 32.9 Å². The molecule has 0 saturated carbocycles. The van der Waals surface area contributed by atoms with Crippen LogP contribution in [0.3, 0.4) is 0 Å². The van der Waals surface area contributed by atoms with E-state index in [0.29, 0.717) is 75.6 Å². The van der Waals surface area contributed by atoms with Gasteiger partial charge < -0.3 is 47.4 Å². The summed E-state index contributed by atoms with van der Waals surface area (Å²) in [6.45, 7) is 4.92. The third-order valence-corrected chi connectivity index (χ3v) is 16.7. The van der Waals surface area contributed by atoms with Crippen LogP contribution >= 0.6 is 11.8 Å². The number of carbonyl (C=O) groups is 4. The highest BCUT2D eigenvalue weighted by atomic mass is 32.2. The number of piperazine rings is 1. The second-order valence-corrected chi connectivity index (χ2v) is 20.4. The molecule has 5 aromatic rings. The molecule has 5 aromatic carbocycles. The molecule has 12 rings (SSSR count). The van der Waals surface area contributed by atoms with Crippen molar-refractivity contribution in [3.8, 4) is 46.3 Å². The van der Waals surface area contributed by atoms with Gasteiger partial charge in [0.1, 0.15) is 31.6 Å². The molecule has 2 fully saturated rings. The number of thioether (sulfide) groups is 1. The number of nitrogens with one attached hydrogen (secondary N) is 1. The maximum Gasteiger partial charge on any atom is 0.514 e. The Morgan fingerprint density at radius 1 is 0.813 bits per heavy atom. The summed E-state index contributed by atoms with van der Waals surface area (Å²) >= 11 is 1.42. The first kappa shape index (κ1) is 49.7. The molecule has 7 aliphatic rings. The fourth-order valence-electron chi connectivity index (χ4n) is 12.0. The summed E-state index contributed by atoms with van der Waals surface area (Å²) in [5.74, 6) is 0.728. The van der Waals surface area contributed by atoms with Gasteiger partial charge in [-0.25, -0.2) is 14.4 Å². The zero-order valence-corrected chi connectivity index (χ0v) is 42.9. The zero-order valence-electron chi connectivity index (χ0n) is 42.1. The van der Waals surface area contributed by atoms with Gasteiger partial charge in [-0.05, 0) is 79.3 Å². The Morgan fingerprint density at radius 3 is 2.17 bits per heavy atom. The molecule has 0 radical (unpaired) electrons. The lowest BCUT2D eigenvalue weighted by Gasteiger charge is -2.62. The summed E-state index contributed by atoms with van der Waals surface area (Å²) in [4.78, 5) is 60.0. The van der Waals surface area contributed by atoms with E-state index >= 15 is 4.79 Å². The summed E-state index contributed by atoms with van der Waals surface area (Å²) in [5.41, 5.74) is 5.23. The number of carbonyl (C=O) groups excluding carboxylic acids is 4. The van der Waals surface area contributed by atoms with Gasteiger partial charge in [0.25, 0.3) is 0 Å². The summed E-state index contributed by atoms with van der Waals surface area (Å²) in [6.07, 6.45) is -1.04. The number of hydrogen-bond acceptors (Lipinski definition) is 19. The predicted molar refractivity (Wildman–Crippen MR) is 269 cm³/mol. The third kappa shape index (κ3) is 8.49. The minimum atomic E-state index is -1.52. The molecule has 0 aliphatic carbocycles. The highest BCUT2D eigenvalue weighted by Gasteiger charge is 2.62. The van der Waals surface area contributed by atoms with Crippen molar-refractivity contribution < 1.29 is 66.5 Å². The van der Waals surface area contributed by atoms with E-state index in [0.717, 1.165) is 16.7 Å². The van der Waals surface area contributed by atoms with E-state index in [-0.39, 0.29) is 55.4 Å². The van der Waals surface area contributed by atoms with E-state index in [2.05, 4.69) is 21.2 Å². The van der Waals surface area contributed by atoms with Gasteiger partial charge in [0.2, 0.25) is 6.79 Å². The van der Waals surface area contributed by atoms with E-state index in [1.807, 2.05) is 87.6 Å². The van der Waals surface area contributed by atoms with Gasteiger partial charge in [-0.15, -0.1) is 11.8 Å². The number of aryl methyl sites for hydroxylation is 1. The second-order valence-electron chi connectivity index (χ2n) is 19.3. The van der Waals surface area contributed by atoms with Crippen molar-refractivity contribution in [2.24, 2.45) is 0 Å². The maximum absolute atomic E-state index is 15.3. The van der Waals surface area contributed by atoms with Crippen LogP contribution in [0.25, 0.3) is 0 Å². The molecule has 7 heterocycles. The van der Waals surface area contributed by atoms with Crippen molar-refractivity contribution >= 4 is 36.0 Å². The van der Waals surface area contributed by atoms with E-state index in [9.17, 15) is 19.6 Å². The van der Waals surface area contributed by atoms with E-state index in [1.54, 1.807) is 12.1 Å². The molecule has 7 aliphatic heterocycles. The van der Waals surface area contributed by atoms with Crippen molar-refractivity contribution in [3.63, 3.8) is 0 Å². The molecular formula is C56H54N4O14S. The van der Waals surface area contributed by atoms with Crippen molar-refractivity contribution in [1.29, 1.82) is 5.26 Å². The first-order valence-electron chi connectivity index (χ1n) is 24.6. The second kappa shape index (κ2) is 20.0. The fourth-order valence-corrected chi connectivity index (χ4v) is 13.7. The Kier molecular flexibility index (Phi) is 13.2.